The van der Waals surface area contributed by atoms with Crippen molar-refractivity contribution in [3.05, 3.63) is 5.82 Å². The van der Waals surface area contributed by atoms with Crippen molar-refractivity contribution in [2.75, 3.05) is 5.75 Å². The number of thioether (sulfide) groups is 1. The van der Waals surface area contributed by atoms with Gasteiger partial charge in [-0.25, -0.2) is 0 Å². The van der Waals surface area contributed by atoms with Gasteiger partial charge in [-0.1, -0.05) is 37.9 Å². The molecule has 6 heteroatoms. The molecule has 5 aliphatic rings. The third-order valence-electron chi connectivity index (χ3n) is 8.04. The van der Waals surface area contributed by atoms with Crippen LogP contribution in [-0.2, 0) is 11.3 Å². The van der Waals surface area contributed by atoms with Crippen LogP contribution in [0, 0.1) is 23.2 Å². The van der Waals surface area contributed by atoms with Crippen molar-refractivity contribution in [2.24, 2.45) is 23.2 Å². The van der Waals surface area contributed by atoms with E-state index in [1.54, 1.807) is 0 Å². The van der Waals surface area contributed by atoms with Gasteiger partial charge in [0.15, 0.2) is 11.0 Å². The maximum Gasteiger partial charge on any atom is 0.226 e. The predicted molar refractivity (Wildman–Crippen MR) is 116 cm³/mol. The van der Waals surface area contributed by atoms with Crippen LogP contribution in [0.15, 0.2) is 5.16 Å². The Labute approximate surface area is 179 Å². The summed E-state index contributed by atoms with van der Waals surface area (Å²) in [5.74, 6) is 4.75. The zero-order valence-electron chi connectivity index (χ0n) is 17.9. The summed E-state index contributed by atoms with van der Waals surface area (Å²) >= 11 is 1.82. The number of hydrogen-bond acceptors (Lipinski definition) is 4. The van der Waals surface area contributed by atoms with Gasteiger partial charge in [0.1, 0.15) is 0 Å². The Balaban J connectivity index is 1.30. The molecule has 5 aliphatic carbocycles. The van der Waals surface area contributed by atoms with Crippen LogP contribution in [0.3, 0.4) is 0 Å². The fraction of sp³-hybridized carbons (Fsp3) is 0.870. The van der Waals surface area contributed by atoms with Gasteiger partial charge in [-0.05, 0) is 75.5 Å². The molecule has 160 valence electrons. The maximum absolute atomic E-state index is 13.4. The van der Waals surface area contributed by atoms with Gasteiger partial charge in [0.25, 0.3) is 0 Å². The smallest absolute Gasteiger partial charge is 0.226 e. The van der Waals surface area contributed by atoms with E-state index in [-0.39, 0.29) is 5.41 Å². The van der Waals surface area contributed by atoms with E-state index in [2.05, 4.69) is 27.0 Å². The second kappa shape index (κ2) is 8.24. The first-order chi connectivity index (χ1) is 14.2. The predicted octanol–water partition coefficient (Wildman–Crippen LogP) is 5.12. The lowest BCUT2D eigenvalue weighted by Gasteiger charge is -2.55. The number of nitrogens with zero attached hydrogens (tertiary/aromatic N) is 3. The number of nitrogens with one attached hydrogen (secondary N) is 1. The van der Waals surface area contributed by atoms with Crippen molar-refractivity contribution in [1.29, 1.82) is 0 Å². The molecule has 1 heterocycles. The molecule has 0 unspecified atom stereocenters. The van der Waals surface area contributed by atoms with E-state index >= 15 is 0 Å². The van der Waals surface area contributed by atoms with Crippen LogP contribution in [0.2, 0.25) is 0 Å². The second-order valence-electron chi connectivity index (χ2n) is 10.3. The zero-order valence-corrected chi connectivity index (χ0v) is 18.7. The van der Waals surface area contributed by atoms with Crippen molar-refractivity contribution < 1.29 is 4.79 Å². The largest absolute Gasteiger partial charge is 0.348 e. The lowest BCUT2D eigenvalue weighted by atomic mass is 9.49. The van der Waals surface area contributed by atoms with E-state index in [9.17, 15) is 4.79 Å². The van der Waals surface area contributed by atoms with Gasteiger partial charge in [0.2, 0.25) is 5.91 Å². The Morgan fingerprint density at radius 1 is 1.07 bits per heavy atom. The average Bonchev–Trinajstić information content (AvgIpc) is 3.12. The number of hydrogen-bond donors (Lipinski definition) is 1. The molecule has 1 amide bonds. The molecule has 1 aromatic heterocycles. The first-order valence-electron chi connectivity index (χ1n) is 12.0. The molecule has 0 aliphatic heterocycles. The van der Waals surface area contributed by atoms with Crippen molar-refractivity contribution >= 4 is 17.7 Å². The van der Waals surface area contributed by atoms with Gasteiger partial charge < -0.3 is 9.88 Å². The minimum atomic E-state index is -0.0791. The second-order valence-corrected chi connectivity index (χ2v) is 11.4. The van der Waals surface area contributed by atoms with E-state index in [1.807, 2.05) is 11.8 Å². The Bertz CT molecular complexity index is 704. The van der Waals surface area contributed by atoms with Gasteiger partial charge in [-0.15, -0.1) is 10.2 Å². The van der Waals surface area contributed by atoms with Crippen molar-refractivity contribution in [1.82, 2.24) is 20.1 Å². The van der Waals surface area contributed by atoms with E-state index in [0.717, 1.165) is 60.2 Å². The van der Waals surface area contributed by atoms with E-state index in [4.69, 9.17) is 0 Å². The number of amides is 1. The van der Waals surface area contributed by atoms with Crippen LogP contribution in [0.25, 0.3) is 0 Å². The molecule has 5 fully saturated rings. The number of rotatable bonds is 7. The van der Waals surface area contributed by atoms with Crippen LogP contribution in [0.5, 0.6) is 0 Å². The third-order valence-corrected chi connectivity index (χ3v) is 9.19. The zero-order chi connectivity index (χ0) is 19.8. The lowest BCUT2D eigenvalue weighted by molar-refractivity contribution is -0.146. The van der Waals surface area contributed by atoms with Crippen LogP contribution >= 0.6 is 11.8 Å². The molecule has 0 saturated heterocycles. The van der Waals surface area contributed by atoms with E-state index < -0.39 is 0 Å². The first kappa shape index (κ1) is 19.9. The van der Waals surface area contributed by atoms with Gasteiger partial charge in [-0.2, -0.15) is 0 Å². The summed E-state index contributed by atoms with van der Waals surface area (Å²) in [5.41, 5.74) is -0.0791. The molecule has 0 spiro atoms. The Morgan fingerprint density at radius 2 is 1.72 bits per heavy atom. The highest BCUT2D eigenvalue weighted by molar-refractivity contribution is 7.99. The van der Waals surface area contributed by atoms with Crippen molar-refractivity contribution in [3.63, 3.8) is 0 Å². The quantitative estimate of drug-likeness (QED) is 0.627. The fourth-order valence-corrected chi connectivity index (χ4v) is 8.04. The number of carbonyl (C=O) groups excluding carboxylic acids is 1. The molecule has 1 aromatic rings. The molecule has 5 nitrogen and oxygen atoms in total. The minimum absolute atomic E-state index is 0.0791. The summed E-state index contributed by atoms with van der Waals surface area (Å²) < 4.78 is 2.37. The molecule has 0 aromatic carbocycles. The van der Waals surface area contributed by atoms with Gasteiger partial charge in [0.05, 0.1) is 6.54 Å². The summed E-state index contributed by atoms with van der Waals surface area (Å²) in [6.45, 7) is 2.75. The van der Waals surface area contributed by atoms with Crippen molar-refractivity contribution in [2.45, 2.75) is 102 Å². The van der Waals surface area contributed by atoms with Gasteiger partial charge in [-0.3, -0.25) is 4.79 Å². The lowest BCUT2D eigenvalue weighted by Crippen LogP contribution is -2.53. The Hall–Kier alpha value is -1.04. The third kappa shape index (κ3) is 3.86. The molecule has 1 N–H and O–H groups in total. The van der Waals surface area contributed by atoms with Crippen LogP contribution in [0.4, 0.5) is 0 Å². The van der Waals surface area contributed by atoms with Gasteiger partial charge in [0, 0.05) is 17.2 Å². The summed E-state index contributed by atoms with van der Waals surface area (Å²) in [5, 5.41) is 13.5. The molecular weight excluding hydrogens is 380 g/mol. The molecule has 0 radical (unpaired) electrons. The number of aromatic nitrogens is 3. The van der Waals surface area contributed by atoms with Crippen LogP contribution in [0.1, 0.15) is 95.8 Å². The molecular formula is C23H36N4OS. The first-order valence-corrected chi connectivity index (χ1v) is 13.0. The topological polar surface area (TPSA) is 59.8 Å². The average molecular weight is 417 g/mol. The highest BCUT2D eigenvalue weighted by atomic mass is 32.2. The monoisotopic (exact) mass is 416 g/mol. The summed E-state index contributed by atoms with van der Waals surface area (Å²) in [6.07, 6.45) is 15.0. The van der Waals surface area contributed by atoms with Crippen molar-refractivity contribution in [3.8, 4) is 0 Å². The molecule has 4 bridgehead atoms. The molecule has 5 saturated carbocycles. The van der Waals surface area contributed by atoms with Crippen LogP contribution in [-0.4, -0.2) is 26.4 Å². The van der Waals surface area contributed by atoms with Crippen LogP contribution < -0.4 is 5.32 Å². The Kier molecular flexibility index (Phi) is 5.65. The maximum atomic E-state index is 13.4. The number of carbonyl (C=O) groups is 1. The Morgan fingerprint density at radius 3 is 2.34 bits per heavy atom. The normalized spacial score (nSPS) is 33.9. The minimum Gasteiger partial charge on any atom is -0.348 e. The molecule has 0 atom stereocenters. The highest BCUT2D eigenvalue weighted by Crippen LogP contribution is 2.60. The fourth-order valence-electron chi connectivity index (χ4n) is 7.16. The summed E-state index contributed by atoms with van der Waals surface area (Å²) in [4.78, 5) is 13.4. The summed E-state index contributed by atoms with van der Waals surface area (Å²) in [7, 11) is 0. The molecule has 29 heavy (non-hydrogen) atoms. The SMILES string of the molecule is CCCSc1nnc(CNC(=O)C23CC4CC(CC(C4)C2)C3)n1C1CCCCC1. The standard InChI is InChI=1S/C23H36N4OS/c1-2-8-29-22-26-25-20(27(22)19-6-4-3-5-7-19)15-24-21(28)23-12-16-9-17(13-23)11-18(10-16)14-23/h16-19H,2-15H2,1H3,(H,24,28). The van der Waals surface area contributed by atoms with E-state index in [1.165, 1.54) is 51.4 Å². The van der Waals surface area contributed by atoms with Gasteiger partial charge >= 0.3 is 0 Å². The highest BCUT2D eigenvalue weighted by Gasteiger charge is 2.54. The molecule has 6 rings (SSSR count). The van der Waals surface area contributed by atoms with E-state index in [0.29, 0.717) is 18.5 Å². The summed E-state index contributed by atoms with van der Waals surface area (Å²) in [6, 6.07) is 0.504.